The number of ether oxygens (including phenoxy) is 2. The second-order valence-corrected chi connectivity index (χ2v) is 10.3. The van der Waals surface area contributed by atoms with Crippen LogP contribution in [0.3, 0.4) is 0 Å². The number of rotatable bonds is 4. The lowest BCUT2D eigenvalue weighted by Gasteiger charge is -2.29. The fraction of sp³-hybridized carbons (Fsp3) is 0.560. The summed E-state index contributed by atoms with van der Waals surface area (Å²) in [6.45, 7) is 7.78. The number of aromatic nitrogens is 2. The number of amidine groups is 1. The Bertz CT molecular complexity index is 1150. The molecule has 0 spiro atoms. The standard InChI is InChI=1S/C25H32F3N7O2/c1-24(2)15-35(17-7-5-16(6-8-17)33-10-12-36-13-11-33)22-20(24)21(29)31-19(32-22)14-37-23(30)34-9-3-4-18(34)25(26,27)28/h5-8,18,30H,3-4,9-15H2,1-2H3,(H2,29,31,32). The summed E-state index contributed by atoms with van der Waals surface area (Å²) in [7, 11) is 0. The Kier molecular flexibility index (Phi) is 6.55. The molecule has 2 aromatic rings. The number of alkyl halides is 3. The molecule has 1 aromatic carbocycles. The molecule has 1 unspecified atom stereocenters. The normalized spacial score (nSPS) is 21.3. The Labute approximate surface area is 213 Å². The zero-order valence-electron chi connectivity index (χ0n) is 21.0. The second kappa shape index (κ2) is 9.55. The summed E-state index contributed by atoms with van der Waals surface area (Å²) in [4.78, 5) is 14.4. The molecule has 3 aliphatic heterocycles. The molecule has 5 rings (SSSR count). The summed E-state index contributed by atoms with van der Waals surface area (Å²) in [5, 5.41) is 8.09. The van der Waals surface area contributed by atoms with E-state index in [2.05, 4.69) is 40.8 Å². The van der Waals surface area contributed by atoms with E-state index in [-0.39, 0.29) is 30.8 Å². The number of nitrogen functional groups attached to an aromatic ring is 1. The minimum absolute atomic E-state index is 0.0497. The summed E-state index contributed by atoms with van der Waals surface area (Å²) < 4.78 is 50.8. The number of halogens is 3. The highest BCUT2D eigenvalue weighted by Gasteiger charge is 2.47. The maximum atomic E-state index is 13.3. The van der Waals surface area contributed by atoms with Crippen LogP contribution in [0.1, 0.15) is 38.1 Å². The third-order valence-corrected chi connectivity index (χ3v) is 7.22. The quantitative estimate of drug-likeness (QED) is 0.465. The first kappa shape index (κ1) is 25.4. The molecule has 37 heavy (non-hydrogen) atoms. The van der Waals surface area contributed by atoms with Crippen LogP contribution >= 0.6 is 0 Å². The molecule has 3 N–H and O–H groups in total. The summed E-state index contributed by atoms with van der Waals surface area (Å²) in [6, 6.07) is 6.01. The SMILES string of the molecule is CC1(C)CN(c2ccc(N3CCOCC3)cc2)c2nc(COC(=N)N3CCCC3C(F)(F)F)nc(N)c21. The van der Waals surface area contributed by atoms with Gasteiger partial charge >= 0.3 is 6.18 Å². The van der Waals surface area contributed by atoms with Crippen LogP contribution in [0.5, 0.6) is 0 Å². The van der Waals surface area contributed by atoms with Crippen LogP contribution in [0.15, 0.2) is 24.3 Å². The van der Waals surface area contributed by atoms with Crippen molar-refractivity contribution in [1.82, 2.24) is 14.9 Å². The Morgan fingerprint density at radius 2 is 1.81 bits per heavy atom. The van der Waals surface area contributed by atoms with E-state index in [0.717, 1.165) is 34.9 Å². The Hall–Kier alpha value is -3.28. The minimum atomic E-state index is -4.41. The number of hydrogen-bond acceptors (Lipinski definition) is 8. The zero-order chi connectivity index (χ0) is 26.4. The van der Waals surface area contributed by atoms with E-state index in [9.17, 15) is 13.2 Å². The van der Waals surface area contributed by atoms with Gasteiger partial charge in [0, 0.05) is 48.5 Å². The van der Waals surface area contributed by atoms with E-state index >= 15 is 0 Å². The van der Waals surface area contributed by atoms with Crippen molar-refractivity contribution in [2.75, 3.05) is 54.9 Å². The van der Waals surface area contributed by atoms with Crippen molar-refractivity contribution in [2.24, 2.45) is 0 Å². The fourth-order valence-electron chi connectivity index (χ4n) is 5.42. The number of fused-ring (bicyclic) bond motifs is 1. The van der Waals surface area contributed by atoms with Crippen molar-refractivity contribution >= 4 is 29.0 Å². The molecule has 0 bridgehead atoms. The largest absolute Gasteiger partial charge is 0.457 e. The van der Waals surface area contributed by atoms with Gasteiger partial charge in [-0.25, -0.2) is 9.97 Å². The van der Waals surface area contributed by atoms with Gasteiger partial charge in [-0.3, -0.25) is 5.41 Å². The van der Waals surface area contributed by atoms with Gasteiger partial charge in [-0.1, -0.05) is 13.8 Å². The van der Waals surface area contributed by atoms with Gasteiger partial charge in [0.2, 0.25) is 0 Å². The number of benzene rings is 1. The predicted molar refractivity (Wildman–Crippen MR) is 134 cm³/mol. The van der Waals surface area contributed by atoms with Crippen LogP contribution in [0.2, 0.25) is 0 Å². The lowest BCUT2D eigenvalue weighted by atomic mass is 9.88. The maximum absolute atomic E-state index is 13.3. The summed E-state index contributed by atoms with van der Waals surface area (Å²) in [5.74, 6) is 1.18. The third kappa shape index (κ3) is 4.98. The molecule has 0 radical (unpaired) electrons. The molecule has 0 aliphatic carbocycles. The van der Waals surface area contributed by atoms with E-state index < -0.39 is 18.2 Å². The first-order valence-corrected chi connectivity index (χ1v) is 12.5. The van der Waals surface area contributed by atoms with Crippen LogP contribution in [0.4, 0.5) is 36.2 Å². The number of anilines is 4. The predicted octanol–water partition coefficient (Wildman–Crippen LogP) is 3.80. The number of nitrogens with two attached hydrogens (primary N) is 1. The van der Waals surface area contributed by atoms with Gasteiger partial charge in [-0.2, -0.15) is 13.2 Å². The van der Waals surface area contributed by atoms with E-state index in [1.54, 1.807) is 0 Å². The number of hydrogen-bond donors (Lipinski definition) is 2. The van der Waals surface area contributed by atoms with Gasteiger partial charge in [0.15, 0.2) is 12.4 Å². The Morgan fingerprint density at radius 1 is 1.14 bits per heavy atom. The number of nitrogens with zero attached hydrogens (tertiary/aromatic N) is 5. The molecule has 9 nitrogen and oxygen atoms in total. The van der Waals surface area contributed by atoms with E-state index in [1.165, 1.54) is 0 Å². The summed E-state index contributed by atoms with van der Waals surface area (Å²) in [6.07, 6.45) is -4.11. The van der Waals surface area contributed by atoms with Gasteiger partial charge in [-0.05, 0) is 37.1 Å². The van der Waals surface area contributed by atoms with Gasteiger partial charge in [-0.15, -0.1) is 0 Å². The molecule has 12 heteroatoms. The van der Waals surface area contributed by atoms with Crippen molar-refractivity contribution < 1.29 is 22.6 Å². The van der Waals surface area contributed by atoms with Gasteiger partial charge in [0.05, 0.1) is 13.2 Å². The smallest absolute Gasteiger partial charge is 0.408 e. The van der Waals surface area contributed by atoms with Gasteiger partial charge in [0.25, 0.3) is 6.02 Å². The molecule has 4 heterocycles. The van der Waals surface area contributed by atoms with E-state index in [0.29, 0.717) is 37.8 Å². The average Bonchev–Trinajstić information content (AvgIpc) is 3.46. The highest BCUT2D eigenvalue weighted by molar-refractivity contribution is 5.75. The summed E-state index contributed by atoms with van der Waals surface area (Å²) in [5.41, 5.74) is 8.93. The Morgan fingerprint density at radius 3 is 2.49 bits per heavy atom. The van der Waals surface area contributed by atoms with E-state index in [4.69, 9.17) is 25.6 Å². The van der Waals surface area contributed by atoms with Gasteiger partial charge in [0.1, 0.15) is 17.7 Å². The molecule has 1 atom stereocenters. The highest BCUT2D eigenvalue weighted by atomic mass is 19.4. The van der Waals surface area contributed by atoms with Crippen LogP contribution in [0, 0.1) is 5.41 Å². The molecule has 3 aliphatic rings. The second-order valence-electron chi connectivity index (χ2n) is 10.3. The highest BCUT2D eigenvalue weighted by Crippen LogP contribution is 2.45. The molecule has 0 saturated carbocycles. The number of nitrogens with one attached hydrogen (secondary N) is 1. The first-order valence-electron chi connectivity index (χ1n) is 12.5. The average molecular weight is 520 g/mol. The maximum Gasteiger partial charge on any atom is 0.408 e. The summed E-state index contributed by atoms with van der Waals surface area (Å²) >= 11 is 0. The van der Waals surface area contributed by atoms with Crippen molar-refractivity contribution in [3.05, 3.63) is 35.7 Å². The van der Waals surface area contributed by atoms with Crippen LogP contribution < -0.4 is 15.5 Å². The Balaban J connectivity index is 1.35. The monoisotopic (exact) mass is 519 g/mol. The zero-order valence-corrected chi connectivity index (χ0v) is 21.0. The van der Waals surface area contributed by atoms with Crippen molar-refractivity contribution in [2.45, 2.75) is 50.9 Å². The first-order chi connectivity index (χ1) is 17.5. The van der Waals surface area contributed by atoms with Crippen molar-refractivity contribution in [3.63, 3.8) is 0 Å². The third-order valence-electron chi connectivity index (χ3n) is 7.22. The van der Waals surface area contributed by atoms with E-state index in [1.807, 2.05) is 12.1 Å². The molecular formula is C25H32F3N7O2. The molecule has 1 aromatic heterocycles. The van der Waals surface area contributed by atoms with Crippen molar-refractivity contribution in [3.8, 4) is 0 Å². The molecule has 2 saturated heterocycles. The lowest BCUT2D eigenvalue weighted by Crippen LogP contribution is -2.45. The molecule has 200 valence electrons. The molecular weight excluding hydrogens is 487 g/mol. The number of morpholine rings is 1. The van der Waals surface area contributed by atoms with Crippen molar-refractivity contribution in [1.29, 1.82) is 5.41 Å². The minimum Gasteiger partial charge on any atom is -0.457 e. The van der Waals surface area contributed by atoms with Crippen LogP contribution in [0.25, 0.3) is 0 Å². The van der Waals surface area contributed by atoms with Gasteiger partial charge < -0.3 is 29.9 Å². The topological polar surface area (TPSA) is 104 Å². The number of likely N-dealkylation sites (tertiary alicyclic amines) is 1. The fourth-order valence-corrected chi connectivity index (χ4v) is 5.42. The van der Waals surface area contributed by atoms with Crippen LogP contribution in [-0.4, -0.2) is 72.5 Å². The molecule has 2 fully saturated rings. The lowest BCUT2D eigenvalue weighted by molar-refractivity contribution is -0.169. The molecule has 0 amide bonds. The van der Waals surface area contributed by atoms with Crippen LogP contribution in [-0.2, 0) is 21.5 Å².